The lowest BCUT2D eigenvalue weighted by atomic mass is 10.1. The molecule has 0 spiro atoms. The molecule has 0 aliphatic carbocycles. The maximum Gasteiger partial charge on any atom is 0.247 e. The van der Waals surface area contributed by atoms with E-state index in [1.807, 2.05) is 12.1 Å². The lowest BCUT2D eigenvalue weighted by molar-refractivity contribution is 0.133. The quantitative estimate of drug-likeness (QED) is 0.900. The zero-order valence-electron chi connectivity index (χ0n) is 12.0. The number of hydrogen-bond donors (Lipinski definition) is 1. The molecule has 3 rings (SSSR count). The minimum absolute atomic E-state index is 0.592. The van der Waals surface area contributed by atoms with Crippen molar-refractivity contribution in [3.63, 3.8) is 0 Å². The Labute approximate surface area is 119 Å². The van der Waals surface area contributed by atoms with Gasteiger partial charge >= 0.3 is 0 Å². The van der Waals surface area contributed by atoms with Crippen molar-refractivity contribution in [2.75, 3.05) is 19.6 Å². The van der Waals surface area contributed by atoms with Crippen LogP contribution in [0.2, 0.25) is 0 Å². The molecule has 1 saturated heterocycles. The SMILES string of the molecule is CCN(Cc1nnc(-c2cccc(C)c2)o1)C1CNC1. The summed E-state index contributed by atoms with van der Waals surface area (Å²) in [5, 5.41) is 11.6. The summed E-state index contributed by atoms with van der Waals surface area (Å²) >= 11 is 0. The molecule has 0 bridgehead atoms. The fourth-order valence-corrected chi connectivity index (χ4v) is 2.42. The Balaban J connectivity index is 1.73. The molecule has 0 unspecified atom stereocenters. The molecule has 1 aliphatic rings. The monoisotopic (exact) mass is 272 g/mol. The van der Waals surface area contributed by atoms with E-state index in [1.165, 1.54) is 5.56 Å². The van der Waals surface area contributed by atoms with E-state index in [4.69, 9.17) is 4.42 Å². The molecule has 0 saturated carbocycles. The van der Waals surface area contributed by atoms with Crippen LogP contribution >= 0.6 is 0 Å². The van der Waals surface area contributed by atoms with Crippen LogP contribution in [0.15, 0.2) is 28.7 Å². The Hall–Kier alpha value is -1.72. The zero-order valence-corrected chi connectivity index (χ0v) is 12.0. The van der Waals surface area contributed by atoms with Gasteiger partial charge in [-0.2, -0.15) is 0 Å². The van der Waals surface area contributed by atoms with Crippen LogP contribution in [0.3, 0.4) is 0 Å². The zero-order chi connectivity index (χ0) is 13.9. The summed E-state index contributed by atoms with van der Waals surface area (Å²) in [5.74, 6) is 1.29. The smallest absolute Gasteiger partial charge is 0.247 e. The number of nitrogens with zero attached hydrogens (tertiary/aromatic N) is 3. The van der Waals surface area contributed by atoms with Crippen LogP contribution in [-0.4, -0.2) is 40.8 Å². The Morgan fingerprint density at radius 1 is 1.35 bits per heavy atom. The lowest BCUT2D eigenvalue weighted by Crippen LogP contribution is -2.56. The standard InChI is InChI=1S/C15H20N4O/c1-3-19(13-8-16-9-13)10-14-17-18-15(20-14)12-6-4-5-11(2)7-12/h4-7,13,16H,3,8-10H2,1-2H3. The van der Waals surface area contributed by atoms with Crippen LogP contribution in [0.5, 0.6) is 0 Å². The minimum Gasteiger partial charge on any atom is -0.419 e. The van der Waals surface area contributed by atoms with Crippen LogP contribution in [0.4, 0.5) is 0 Å². The molecule has 0 amide bonds. The van der Waals surface area contributed by atoms with E-state index < -0.39 is 0 Å². The molecule has 2 heterocycles. The molecule has 1 aromatic carbocycles. The van der Waals surface area contributed by atoms with Gasteiger partial charge in [-0.1, -0.05) is 24.6 Å². The molecule has 5 heteroatoms. The third-order valence-corrected chi connectivity index (χ3v) is 3.75. The molecule has 5 nitrogen and oxygen atoms in total. The number of hydrogen-bond acceptors (Lipinski definition) is 5. The number of likely N-dealkylation sites (N-methyl/N-ethyl adjacent to an activating group) is 1. The van der Waals surface area contributed by atoms with Gasteiger partial charge in [-0.05, 0) is 25.6 Å². The highest BCUT2D eigenvalue weighted by Gasteiger charge is 2.24. The molecule has 2 aromatic rings. The van der Waals surface area contributed by atoms with Gasteiger partial charge < -0.3 is 9.73 Å². The van der Waals surface area contributed by atoms with E-state index >= 15 is 0 Å². The van der Waals surface area contributed by atoms with Gasteiger partial charge in [0.1, 0.15) is 0 Å². The van der Waals surface area contributed by atoms with Gasteiger partial charge in [0.25, 0.3) is 0 Å². The third-order valence-electron chi connectivity index (χ3n) is 3.75. The number of benzene rings is 1. The van der Waals surface area contributed by atoms with Crippen molar-refractivity contribution in [2.45, 2.75) is 26.4 Å². The van der Waals surface area contributed by atoms with Crippen molar-refractivity contribution in [3.05, 3.63) is 35.7 Å². The second kappa shape index (κ2) is 5.73. The van der Waals surface area contributed by atoms with Gasteiger partial charge in [0.15, 0.2) is 0 Å². The van der Waals surface area contributed by atoms with E-state index in [-0.39, 0.29) is 0 Å². The Bertz CT molecular complexity index is 577. The van der Waals surface area contributed by atoms with Gasteiger partial charge in [-0.25, -0.2) is 0 Å². The summed E-state index contributed by atoms with van der Waals surface area (Å²) in [6.07, 6.45) is 0. The average Bonchev–Trinajstić information content (AvgIpc) is 2.84. The summed E-state index contributed by atoms with van der Waals surface area (Å²) in [6.45, 7) is 8.04. The topological polar surface area (TPSA) is 54.2 Å². The number of rotatable bonds is 5. The predicted octanol–water partition coefficient (Wildman–Crippen LogP) is 1.84. The first-order valence-corrected chi connectivity index (χ1v) is 7.10. The number of aryl methyl sites for hydroxylation is 1. The van der Waals surface area contributed by atoms with Crippen molar-refractivity contribution >= 4 is 0 Å². The molecule has 1 aromatic heterocycles. The van der Waals surface area contributed by atoms with Crippen molar-refractivity contribution < 1.29 is 4.42 Å². The molecule has 1 N–H and O–H groups in total. The Morgan fingerprint density at radius 3 is 2.85 bits per heavy atom. The van der Waals surface area contributed by atoms with Crippen LogP contribution in [0, 0.1) is 6.92 Å². The first-order valence-electron chi connectivity index (χ1n) is 7.10. The summed E-state index contributed by atoms with van der Waals surface area (Å²) in [6, 6.07) is 8.72. The summed E-state index contributed by atoms with van der Waals surface area (Å²) < 4.78 is 5.79. The van der Waals surface area contributed by atoms with Crippen LogP contribution in [0.25, 0.3) is 11.5 Å². The Kier molecular flexibility index (Phi) is 3.80. The summed E-state index contributed by atoms with van der Waals surface area (Å²) in [7, 11) is 0. The highest BCUT2D eigenvalue weighted by Crippen LogP contribution is 2.20. The molecule has 1 fully saturated rings. The largest absolute Gasteiger partial charge is 0.419 e. The molecule has 106 valence electrons. The maximum atomic E-state index is 5.79. The van der Waals surface area contributed by atoms with E-state index in [9.17, 15) is 0 Å². The van der Waals surface area contributed by atoms with Gasteiger partial charge in [-0.3, -0.25) is 4.90 Å². The fraction of sp³-hybridized carbons (Fsp3) is 0.467. The third kappa shape index (κ3) is 2.73. The van der Waals surface area contributed by atoms with Gasteiger partial charge in [0.2, 0.25) is 11.8 Å². The minimum atomic E-state index is 0.592. The first kappa shape index (κ1) is 13.3. The summed E-state index contributed by atoms with van der Waals surface area (Å²) in [5.41, 5.74) is 2.18. The highest BCUT2D eigenvalue weighted by atomic mass is 16.4. The van der Waals surface area contributed by atoms with Gasteiger partial charge in [0, 0.05) is 24.7 Å². The number of aromatic nitrogens is 2. The predicted molar refractivity (Wildman–Crippen MR) is 77.2 cm³/mol. The average molecular weight is 272 g/mol. The lowest BCUT2D eigenvalue weighted by Gasteiger charge is -2.36. The fourth-order valence-electron chi connectivity index (χ4n) is 2.42. The van der Waals surface area contributed by atoms with Gasteiger partial charge in [0.05, 0.1) is 6.54 Å². The van der Waals surface area contributed by atoms with Crippen molar-refractivity contribution in [2.24, 2.45) is 0 Å². The highest BCUT2D eigenvalue weighted by molar-refractivity contribution is 5.53. The van der Waals surface area contributed by atoms with Gasteiger partial charge in [-0.15, -0.1) is 10.2 Å². The summed E-state index contributed by atoms with van der Waals surface area (Å²) in [4.78, 5) is 2.37. The molecule has 0 atom stereocenters. The molecular formula is C15H20N4O. The van der Waals surface area contributed by atoms with E-state index in [0.717, 1.165) is 31.7 Å². The van der Waals surface area contributed by atoms with Crippen LogP contribution in [-0.2, 0) is 6.54 Å². The second-order valence-electron chi connectivity index (χ2n) is 5.25. The molecule has 0 radical (unpaired) electrons. The first-order chi connectivity index (χ1) is 9.76. The van der Waals surface area contributed by atoms with E-state index in [0.29, 0.717) is 17.8 Å². The molecular weight excluding hydrogens is 252 g/mol. The van der Waals surface area contributed by atoms with Crippen LogP contribution < -0.4 is 5.32 Å². The maximum absolute atomic E-state index is 5.79. The second-order valence-corrected chi connectivity index (χ2v) is 5.25. The van der Waals surface area contributed by atoms with E-state index in [1.54, 1.807) is 0 Å². The van der Waals surface area contributed by atoms with Crippen LogP contribution in [0.1, 0.15) is 18.4 Å². The molecule has 20 heavy (non-hydrogen) atoms. The van der Waals surface area contributed by atoms with Crippen molar-refractivity contribution in [1.82, 2.24) is 20.4 Å². The normalized spacial score (nSPS) is 15.6. The molecule has 1 aliphatic heterocycles. The van der Waals surface area contributed by atoms with Crippen molar-refractivity contribution in [1.29, 1.82) is 0 Å². The van der Waals surface area contributed by atoms with Crippen molar-refractivity contribution in [3.8, 4) is 11.5 Å². The number of nitrogens with one attached hydrogen (secondary N) is 1. The Morgan fingerprint density at radius 2 is 2.20 bits per heavy atom. The van der Waals surface area contributed by atoms with E-state index in [2.05, 4.69) is 46.4 Å².